The number of alkyl halides is 5. The summed E-state index contributed by atoms with van der Waals surface area (Å²) in [7, 11) is 1.56. The average Bonchev–Trinajstić information content (AvgIpc) is 3.35. The Hall–Kier alpha value is -3.03. The molecule has 3 aliphatic heterocycles. The fourth-order valence-corrected chi connectivity index (χ4v) is 6.44. The Bertz CT molecular complexity index is 1490. The first-order chi connectivity index (χ1) is 19.3. The third-order valence-electron chi connectivity index (χ3n) is 7.98. The van der Waals surface area contributed by atoms with Crippen LogP contribution in [0.25, 0.3) is 22.2 Å². The molecule has 2 bridgehead atoms. The Morgan fingerprint density at radius 1 is 1.17 bits per heavy atom. The van der Waals surface area contributed by atoms with Crippen LogP contribution >= 0.6 is 11.6 Å². The van der Waals surface area contributed by atoms with Crippen LogP contribution in [0.15, 0.2) is 24.4 Å². The number of hydrogen-bond acceptors (Lipinski definition) is 7. The topological polar surface area (TPSA) is 73.8 Å². The van der Waals surface area contributed by atoms with E-state index < -0.39 is 64.5 Å². The molecule has 2 unspecified atom stereocenters. The van der Waals surface area contributed by atoms with E-state index >= 15 is 4.39 Å². The van der Waals surface area contributed by atoms with Crippen LogP contribution in [0.3, 0.4) is 0 Å². The van der Waals surface area contributed by atoms with E-state index in [-0.39, 0.29) is 35.5 Å². The summed E-state index contributed by atoms with van der Waals surface area (Å²) in [4.78, 5) is 11.8. The lowest BCUT2D eigenvalue weighted by atomic mass is 10.0. The van der Waals surface area contributed by atoms with Gasteiger partial charge in [-0.15, -0.1) is 0 Å². The molecule has 2 aromatic heterocycles. The zero-order chi connectivity index (χ0) is 29.3. The second-order valence-electron chi connectivity index (χ2n) is 11.0. The van der Waals surface area contributed by atoms with Gasteiger partial charge in [0.05, 0.1) is 22.8 Å². The molecule has 3 aliphatic rings. The number of phenols is 1. The number of rotatable bonds is 5. The molecule has 2 N–H and O–H groups in total. The van der Waals surface area contributed by atoms with Crippen molar-refractivity contribution in [1.82, 2.24) is 20.2 Å². The van der Waals surface area contributed by atoms with E-state index in [1.807, 2.05) is 4.90 Å². The van der Waals surface area contributed by atoms with Gasteiger partial charge in [-0.05, 0) is 32.0 Å². The second-order valence-corrected chi connectivity index (χ2v) is 11.4. The van der Waals surface area contributed by atoms with Crippen LogP contribution in [0.2, 0.25) is 5.02 Å². The van der Waals surface area contributed by atoms with Gasteiger partial charge in [0.15, 0.2) is 5.82 Å². The summed E-state index contributed by atoms with van der Waals surface area (Å²) >= 11 is 5.82. The number of anilines is 1. The van der Waals surface area contributed by atoms with E-state index in [0.717, 1.165) is 25.0 Å². The molecular weight excluding hydrogens is 576 g/mol. The fraction of sp³-hybridized carbons (Fsp3) is 0.481. The fourth-order valence-electron chi connectivity index (χ4n) is 6.12. The number of hydrogen-bond donors (Lipinski definition) is 2. The highest BCUT2D eigenvalue weighted by Gasteiger charge is 2.44. The molecule has 5 heterocycles. The number of aromatic hydroxyl groups is 1. The number of halogens is 7. The Labute approximate surface area is 236 Å². The van der Waals surface area contributed by atoms with E-state index in [4.69, 9.17) is 16.3 Å². The lowest BCUT2D eigenvalue weighted by molar-refractivity contribution is -0.137. The summed E-state index contributed by atoms with van der Waals surface area (Å²) in [5.74, 6) is -4.68. The van der Waals surface area contributed by atoms with Gasteiger partial charge in [-0.1, -0.05) is 11.6 Å². The molecule has 3 fully saturated rings. The van der Waals surface area contributed by atoms with Gasteiger partial charge in [-0.2, -0.15) is 13.2 Å². The molecule has 0 radical (unpaired) electrons. The molecule has 0 saturated carbocycles. The van der Waals surface area contributed by atoms with Gasteiger partial charge in [0, 0.05) is 60.8 Å². The van der Waals surface area contributed by atoms with Gasteiger partial charge in [0.25, 0.3) is 5.92 Å². The Morgan fingerprint density at radius 2 is 1.88 bits per heavy atom. The maximum Gasteiger partial charge on any atom is 0.418 e. The number of benzene rings is 1. The van der Waals surface area contributed by atoms with Crippen molar-refractivity contribution in [1.29, 1.82) is 0 Å². The predicted molar refractivity (Wildman–Crippen MR) is 140 cm³/mol. The number of likely N-dealkylation sites (tertiary alicyclic amines) is 1. The average molecular weight is 602 g/mol. The number of pyridine rings is 2. The minimum Gasteiger partial charge on any atom is -0.508 e. The van der Waals surface area contributed by atoms with Crippen LogP contribution < -0.4 is 15.0 Å². The molecule has 7 nitrogen and oxygen atoms in total. The van der Waals surface area contributed by atoms with E-state index in [0.29, 0.717) is 18.8 Å². The number of aromatic nitrogens is 2. The molecule has 1 aromatic carbocycles. The quantitative estimate of drug-likeness (QED) is 0.376. The standard InChI is InChI=1S/C27H26ClF6N5O2/c1-38-12-26(30,31)7-15(38)11-41-21-6-20(39-9-13-2-3-14(10-39)36-13)18-8-35-24(23(29)25(18)37-21)17-4-16(40)5-19(28)22(17)27(32,33)34/h4-6,8,13-15,36,40H,2-3,7,9-12H2,1H3/t13?,14?,15-/m0/s1. The van der Waals surface area contributed by atoms with Crippen LogP contribution in [0.5, 0.6) is 11.6 Å². The summed E-state index contributed by atoms with van der Waals surface area (Å²) in [5, 5.41) is 12.9. The minimum absolute atomic E-state index is 0.0527. The van der Waals surface area contributed by atoms with Crippen molar-refractivity contribution in [2.24, 2.45) is 0 Å². The maximum atomic E-state index is 16.2. The molecule has 14 heteroatoms. The lowest BCUT2D eigenvalue weighted by Crippen LogP contribution is -2.51. The third kappa shape index (κ3) is 5.35. The van der Waals surface area contributed by atoms with Crippen molar-refractivity contribution >= 4 is 28.2 Å². The molecular formula is C27H26ClF6N5O2. The summed E-state index contributed by atoms with van der Waals surface area (Å²) < 4.78 is 91.6. The van der Waals surface area contributed by atoms with Crippen LogP contribution in [0.4, 0.5) is 32.0 Å². The number of nitrogens with zero attached hydrogens (tertiary/aromatic N) is 4. The number of phenolic OH excluding ortho intramolecular Hbond substituents is 1. The summed E-state index contributed by atoms with van der Waals surface area (Å²) in [6, 6.07) is 2.86. The third-order valence-corrected chi connectivity index (χ3v) is 8.28. The van der Waals surface area contributed by atoms with Crippen LogP contribution in [-0.2, 0) is 6.18 Å². The van der Waals surface area contributed by atoms with Crippen molar-refractivity contribution in [3.8, 4) is 22.9 Å². The number of fused-ring (bicyclic) bond motifs is 3. The Kier molecular flexibility index (Phi) is 6.89. The first-order valence-electron chi connectivity index (χ1n) is 13.1. The van der Waals surface area contributed by atoms with Gasteiger partial charge in [-0.3, -0.25) is 9.88 Å². The Balaban J connectivity index is 1.46. The SMILES string of the molecule is CN1CC(F)(F)C[C@H]1COc1cc(N2CC3CCC(C2)N3)c2cnc(-c3cc(O)cc(Cl)c3C(F)(F)F)c(F)c2n1. The van der Waals surface area contributed by atoms with Gasteiger partial charge < -0.3 is 20.1 Å². The molecule has 3 aromatic rings. The van der Waals surface area contributed by atoms with Crippen molar-refractivity contribution < 1.29 is 36.2 Å². The van der Waals surface area contributed by atoms with Crippen molar-refractivity contribution in [2.45, 2.75) is 49.5 Å². The smallest absolute Gasteiger partial charge is 0.418 e. The number of piperazine rings is 1. The van der Waals surface area contributed by atoms with Gasteiger partial charge in [-0.25, -0.2) is 18.2 Å². The first kappa shape index (κ1) is 28.1. The highest BCUT2D eigenvalue weighted by molar-refractivity contribution is 6.32. The van der Waals surface area contributed by atoms with Gasteiger partial charge in [0.2, 0.25) is 5.88 Å². The number of ether oxygens (including phenoxy) is 1. The van der Waals surface area contributed by atoms with Crippen LogP contribution in [0.1, 0.15) is 24.8 Å². The zero-order valence-corrected chi connectivity index (χ0v) is 22.5. The van der Waals surface area contributed by atoms with E-state index in [1.54, 1.807) is 13.1 Å². The highest BCUT2D eigenvalue weighted by Crippen LogP contribution is 2.45. The maximum absolute atomic E-state index is 16.2. The first-order valence-corrected chi connectivity index (χ1v) is 13.5. The summed E-state index contributed by atoms with van der Waals surface area (Å²) in [5.41, 5.74) is -2.57. The molecule has 220 valence electrons. The van der Waals surface area contributed by atoms with E-state index in [9.17, 15) is 27.1 Å². The van der Waals surface area contributed by atoms with E-state index in [1.165, 1.54) is 11.1 Å². The van der Waals surface area contributed by atoms with Crippen molar-refractivity contribution in [3.05, 3.63) is 40.8 Å². The summed E-state index contributed by atoms with van der Waals surface area (Å²) in [6.07, 6.45) is -2.21. The normalized spacial score (nSPS) is 24.4. The van der Waals surface area contributed by atoms with E-state index in [2.05, 4.69) is 15.3 Å². The van der Waals surface area contributed by atoms with Gasteiger partial charge >= 0.3 is 6.18 Å². The monoisotopic (exact) mass is 601 g/mol. The largest absolute Gasteiger partial charge is 0.508 e. The molecule has 0 spiro atoms. The Morgan fingerprint density at radius 3 is 2.51 bits per heavy atom. The molecule has 6 rings (SSSR count). The highest BCUT2D eigenvalue weighted by atomic mass is 35.5. The molecule has 0 aliphatic carbocycles. The molecule has 41 heavy (non-hydrogen) atoms. The van der Waals surface area contributed by atoms with Crippen LogP contribution in [0, 0.1) is 5.82 Å². The lowest BCUT2D eigenvalue weighted by Gasteiger charge is -2.35. The molecule has 0 amide bonds. The molecule has 3 saturated heterocycles. The zero-order valence-electron chi connectivity index (χ0n) is 21.8. The second kappa shape index (κ2) is 10.1. The van der Waals surface area contributed by atoms with Crippen LogP contribution in [-0.4, -0.2) is 77.3 Å². The van der Waals surface area contributed by atoms with Crippen molar-refractivity contribution in [2.75, 3.05) is 38.2 Å². The minimum atomic E-state index is -4.97. The van der Waals surface area contributed by atoms with Crippen molar-refractivity contribution in [3.63, 3.8) is 0 Å². The number of likely N-dealkylation sites (N-methyl/N-ethyl adjacent to an activating group) is 1. The van der Waals surface area contributed by atoms with Gasteiger partial charge in [0.1, 0.15) is 23.6 Å². The number of nitrogens with one attached hydrogen (secondary N) is 1. The predicted octanol–water partition coefficient (Wildman–Crippen LogP) is 5.47. The molecule has 3 atom stereocenters. The summed E-state index contributed by atoms with van der Waals surface area (Å²) in [6.45, 7) is 0.627.